The third kappa shape index (κ3) is 4.64. The van der Waals surface area contributed by atoms with E-state index in [2.05, 4.69) is 17.9 Å². The van der Waals surface area contributed by atoms with Crippen molar-refractivity contribution < 1.29 is 14.6 Å². The number of rotatable bonds is 6. The first-order valence-corrected chi connectivity index (χ1v) is 8.98. The summed E-state index contributed by atoms with van der Waals surface area (Å²) < 4.78 is 5.46. The Morgan fingerprint density at radius 1 is 1.26 bits per heavy atom. The second kappa shape index (κ2) is 8.67. The van der Waals surface area contributed by atoms with Crippen molar-refractivity contribution in [3.63, 3.8) is 0 Å². The Hall–Kier alpha value is -2.88. The maximum Gasteiger partial charge on any atom is 0.241 e. The Morgan fingerprint density at radius 2 is 2.04 bits per heavy atom. The van der Waals surface area contributed by atoms with Gasteiger partial charge in [-0.05, 0) is 48.9 Å². The summed E-state index contributed by atoms with van der Waals surface area (Å²) in [4.78, 5) is 16.6. The summed E-state index contributed by atoms with van der Waals surface area (Å²) in [6.45, 7) is 3.95. The van der Waals surface area contributed by atoms with Crippen LogP contribution in [0.25, 0.3) is 0 Å². The number of hydrogen-bond acceptors (Lipinski definition) is 5. The Bertz CT molecular complexity index is 829. The molecule has 1 atom stereocenters. The van der Waals surface area contributed by atoms with Crippen LogP contribution < -0.4 is 9.64 Å². The van der Waals surface area contributed by atoms with Gasteiger partial charge in [-0.1, -0.05) is 12.1 Å². The molecule has 0 radical (unpaired) electrons. The molecule has 0 unspecified atom stereocenters. The van der Waals surface area contributed by atoms with E-state index in [1.54, 1.807) is 17.0 Å². The quantitative estimate of drug-likeness (QED) is 0.849. The number of nitrogens with zero attached hydrogens (tertiary/aromatic N) is 3. The molecule has 0 aliphatic carbocycles. The molecule has 27 heavy (non-hydrogen) atoms. The minimum Gasteiger partial charge on any atom is -0.491 e. The van der Waals surface area contributed by atoms with Gasteiger partial charge >= 0.3 is 0 Å². The van der Waals surface area contributed by atoms with Crippen molar-refractivity contribution in [3.05, 3.63) is 59.7 Å². The number of anilines is 1. The Morgan fingerprint density at radius 3 is 2.74 bits per heavy atom. The molecule has 6 heteroatoms. The van der Waals surface area contributed by atoms with Gasteiger partial charge in [0.05, 0.1) is 24.8 Å². The van der Waals surface area contributed by atoms with Crippen LogP contribution in [0.5, 0.6) is 5.75 Å². The number of carbonyl (C=O) groups excluding carboxylic acids is 1. The maximum atomic E-state index is 12.7. The van der Waals surface area contributed by atoms with Crippen molar-refractivity contribution in [1.82, 2.24) is 4.90 Å². The van der Waals surface area contributed by atoms with Crippen LogP contribution >= 0.6 is 0 Å². The van der Waals surface area contributed by atoms with E-state index < -0.39 is 0 Å². The lowest BCUT2D eigenvalue weighted by Crippen LogP contribution is -2.54. The third-order valence-electron chi connectivity index (χ3n) is 4.66. The monoisotopic (exact) mass is 365 g/mol. The van der Waals surface area contributed by atoms with Crippen LogP contribution in [-0.2, 0) is 11.3 Å². The number of aliphatic hydroxyl groups is 1. The number of nitriles is 1. The second-order valence-electron chi connectivity index (χ2n) is 6.64. The van der Waals surface area contributed by atoms with Crippen LogP contribution in [0.3, 0.4) is 0 Å². The molecule has 3 rings (SSSR count). The van der Waals surface area contributed by atoms with E-state index in [0.29, 0.717) is 25.2 Å². The molecular weight excluding hydrogens is 342 g/mol. The minimum absolute atomic E-state index is 0.0208. The summed E-state index contributed by atoms with van der Waals surface area (Å²) in [6, 6.07) is 17.1. The molecular formula is C21H23N3O3. The number of carbonyl (C=O) groups is 1. The van der Waals surface area contributed by atoms with E-state index in [4.69, 9.17) is 15.1 Å². The highest BCUT2D eigenvalue weighted by atomic mass is 16.5. The molecule has 1 fully saturated rings. The number of aliphatic hydroxyl groups excluding tert-OH is 1. The summed E-state index contributed by atoms with van der Waals surface area (Å²) in [5, 5.41) is 17.8. The maximum absolute atomic E-state index is 12.7. The highest BCUT2D eigenvalue weighted by molar-refractivity contribution is 5.95. The second-order valence-corrected chi connectivity index (χ2v) is 6.64. The van der Waals surface area contributed by atoms with E-state index in [-0.39, 0.29) is 25.2 Å². The summed E-state index contributed by atoms with van der Waals surface area (Å²) in [6.07, 6.45) is 0. The number of hydrogen-bond donors (Lipinski definition) is 1. The van der Waals surface area contributed by atoms with E-state index in [9.17, 15) is 4.79 Å². The molecule has 1 aliphatic heterocycles. The molecule has 2 aromatic rings. The average molecular weight is 365 g/mol. The first kappa shape index (κ1) is 18.9. The highest BCUT2D eigenvalue weighted by Gasteiger charge is 2.30. The smallest absolute Gasteiger partial charge is 0.241 e. The van der Waals surface area contributed by atoms with E-state index in [0.717, 1.165) is 17.0 Å². The number of amides is 1. The molecule has 1 aliphatic rings. The van der Waals surface area contributed by atoms with Crippen molar-refractivity contribution in [2.45, 2.75) is 19.5 Å². The van der Waals surface area contributed by atoms with Crippen LogP contribution in [-0.4, -0.2) is 48.3 Å². The number of piperazine rings is 1. The van der Waals surface area contributed by atoms with Gasteiger partial charge < -0.3 is 14.7 Å². The van der Waals surface area contributed by atoms with Crippen LogP contribution in [0.1, 0.15) is 18.1 Å². The summed E-state index contributed by atoms with van der Waals surface area (Å²) >= 11 is 0. The molecule has 0 saturated carbocycles. The lowest BCUT2D eigenvalue weighted by Gasteiger charge is -2.39. The number of benzene rings is 2. The van der Waals surface area contributed by atoms with Gasteiger partial charge in [-0.3, -0.25) is 9.69 Å². The third-order valence-corrected chi connectivity index (χ3v) is 4.66. The Labute approximate surface area is 159 Å². The zero-order valence-electron chi connectivity index (χ0n) is 15.3. The van der Waals surface area contributed by atoms with Crippen molar-refractivity contribution in [3.8, 4) is 11.8 Å². The number of ether oxygens (including phenoxy) is 1. The molecule has 0 aromatic heterocycles. The fraction of sp³-hybridized carbons (Fsp3) is 0.333. The lowest BCUT2D eigenvalue weighted by atomic mass is 10.1. The fourth-order valence-electron chi connectivity index (χ4n) is 3.21. The minimum atomic E-state index is -0.0208. The van der Waals surface area contributed by atoms with Gasteiger partial charge in [0.15, 0.2) is 0 Å². The highest BCUT2D eigenvalue weighted by Crippen LogP contribution is 2.23. The van der Waals surface area contributed by atoms with E-state index >= 15 is 0 Å². The van der Waals surface area contributed by atoms with Gasteiger partial charge in [-0.2, -0.15) is 5.26 Å². The first-order valence-electron chi connectivity index (χ1n) is 8.98. The van der Waals surface area contributed by atoms with Crippen LogP contribution in [0.4, 0.5) is 5.69 Å². The molecule has 1 heterocycles. The zero-order valence-corrected chi connectivity index (χ0v) is 15.3. The Balaban J connectivity index is 1.66. The van der Waals surface area contributed by atoms with Crippen molar-refractivity contribution in [2.75, 3.05) is 31.2 Å². The topological polar surface area (TPSA) is 76.8 Å². The molecule has 2 aromatic carbocycles. The molecule has 1 N–H and O–H groups in total. The predicted octanol–water partition coefficient (Wildman–Crippen LogP) is 2.17. The van der Waals surface area contributed by atoms with Gasteiger partial charge in [-0.25, -0.2) is 0 Å². The summed E-state index contributed by atoms with van der Waals surface area (Å²) in [5.41, 5.74) is 2.47. The molecule has 140 valence electrons. The van der Waals surface area contributed by atoms with Gasteiger partial charge in [0, 0.05) is 24.8 Å². The summed E-state index contributed by atoms with van der Waals surface area (Å²) in [5.74, 6) is 0.766. The molecule has 0 bridgehead atoms. The van der Waals surface area contributed by atoms with Crippen molar-refractivity contribution in [2.24, 2.45) is 0 Å². The lowest BCUT2D eigenvalue weighted by molar-refractivity contribution is -0.122. The van der Waals surface area contributed by atoms with Crippen molar-refractivity contribution in [1.29, 1.82) is 5.26 Å². The molecule has 0 spiro atoms. The standard InChI is InChI=1S/C21H23N3O3/c1-16-13-24(19-7-5-17(12-22)6-8-19)21(26)15-23(16)14-18-3-2-4-20(11-18)27-10-9-25/h2-8,11,16,25H,9-10,13-15H2,1H3/t16-/m1/s1. The predicted molar refractivity (Wildman–Crippen MR) is 102 cm³/mol. The molecule has 1 amide bonds. The van der Waals surface area contributed by atoms with Gasteiger partial charge in [0.25, 0.3) is 0 Å². The van der Waals surface area contributed by atoms with E-state index in [1.165, 1.54) is 0 Å². The fourth-order valence-corrected chi connectivity index (χ4v) is 3.21. The Kier molecular flexibility index (Phi) is 6.07. The normalized spacial score (nSPS) is 17.6. The van der Waals surface area contributed by atoms with Crippen LogP contribution in [0, 0.1) is 11.3 Å². The van der Waals surface area contributed by atoms with Gasteiger partial charge in [0.2, 0.25) is 5.91 Å². The van der Waals surface area contributed by atoms with Crippen molar-refractivity contribution >= 4 is 11.6 Å². The van der Waals surface area contributed by atoms with E-state index in [1.807, 2.05) is 36.4 Å². The SMILES string of the molecule is C[C@@H]1CN(c2ccc(C#N)cc2)C(=O)CN1Cc1cccc(OCCO)c1. The average Bonchev–Trinajstić information content (AvgIpc) is 2.69. The van der Waals surface area contributed by atoms with Crippen LogP contribution in [0.15, 0.2) is 48.5 Å². The molecule has 6 nitrogen and oxygen atoms in total. The first-order chi connectivity index (χ1) is 13.1. The van der Waals surface area contributed by atoms with Gasteiger partial charge in [0.1, 0.15) is 12.4 Å². The van der Waals surface area contributed by atoms with Crippen LogP contribution in [0.2, 0.25) is 0 Å². The zero-order chi connectivity index (χ0) is 19.2. The van der Waals surface area contributed by atoms with Gasteiger partial charge in [-0.15, -0.1) is 0 Å². The largest absolute Gasteiger partial charge is 0.491 e. The molecule has 1 saturated heterocycles. The summed E-state index contributed by atoms with van der Waals surface area (Å²) in [7, 11) is 0.